The normalized spacial score (nSPS) is 16.9. The highest BCUT2D eigenvalue weighted by molar-refractivity contribution is 7.80. The van der Waals surface area contributed by atoms with Gasteiger partial charge in [-0.2, -0.15) is 13.9 Å². The number of aromatic hydroxyl groups is 1. The van der Waals surface area contributed by atoms with Crippen LogP contribution in [0, 0.1) is 29.1 Å². The maximum absolute atomic E-state index is 13.6. The second-order valence-corrected chi connectivity index (χ2v) is 12.2. The van der Waals surface area contributed by atoms with Crippen LogP contribution in [-0.2, 0) is 28.5 Å². The molecule has 0 aliphatic carbocycles. The first kappa shape index (κ1) is 49.9. The number of hydrazone groups is 1. The van der Waals surface area contributed by atoms with Gasteiger partial charge in [0, 0.05) is 24.9 Å². The molecule has 1 aliphatic heterocycles. The molecule has 1 fully saturated rings. The number of phenolic OH excluding ortho intramolecular Hbond substituents is 1. The number of thiocarbonyl (C=S) groups is 1. The molecule has 0 amide bonds. The fourth-order valence-electron chi connectivity index (χ4n) is 4.37. The second kappa shape index (κ2) is 28.3. The Labute approximate surface area is 334 Å². The number of phenols is 1. The van der Waals surface area contributed by atoms with Crippen LogP contribution >= 0.6 is 12.2 Å². The molecule has 3 rings (SSSR count). The van der Waals surface area contributed by atoms with Crippen molar-refractivity contribution in [1.29, 1.82) is 0 Å². The van der Waals surface area contributed by atoms with Gasteiger partial charge >= 0.3 is 5.97 Å². The van der Waals surface area contributed by atoms with Crippen molar-refractivity contribution in [3.63, 3.8) is 0 Å². The number of hydroxylamine groups is 2. The van der Waals surface area contributed by atoms with Gasteiger partial charge in [0.05, 0.1) is 91.2 Å². The number of aliphatic hydroxyl groups is 2. The van der Waals surface area contributed by atoms with E-state index in [2.05, 4.69) is 25.5 Å². The fourth-order valence-corrected chi connectivity index (χ4v) is 4.59. The van der Waals surface area contributed by atoms with Crippen molar-refractivity contribution in [3.8, 4) is 11.5 Å². The van der Waals surface area contributed by atoms with Gasteiger partial charge in [0.1, 0.15) is 17.6 Å². The van der Waals surface area contributed by atoms with Crippen LogP contribution < -0.4 is 21.2 Å². The predicted octanol–water partition coefficient (Wildman–Crippen LogP) is 1.79. The van der Waals surface area contributed by atoms with Gasteiger partial charge in [0.25, 0.3) is 0 Å². The topological polar surface area (TPSA) is 252 Å². The Bertz CT molecular complexity index is 1570. The number of aliphatic hydroxyl groups excluding tert-OH is 2. The lowest BCUT2D eigenvalue weighted by atomic mass is 10.0. The summed E-state index contributed by atoms with van der Waals surface area (Å²) in [6.07, 6.45) is -0.241. The van der Waals surface area contributed by atoms with Gasteiger partial charge in [-0.25, -0.2) is 13.2 Å². The van der Waals surface area contributed by atoms with E-state index in [9.17, 15) is 37.0 Å². The molecule has 3 atom stereocenters. The summed E-state index contributed by atoms with van der Waals surface area (Å²) in [4.78, 5) is 15.7. The summed E-state index contributed by atoms with van der Waals surface area (Å²) < 4.78 is 97.3. The van der Waals surface area contributed by atoms with E-state index >= 15 is 0 Å². The Balaban J connectivity index is 0.000000753. The molecule has 0 saturated carbocycles. The number of hydrogen-bond acceptors (Lipinski definition) is 17. The number of carbonyl (C=O) groups excluding carboxylic acids is 1. The van der Waals surface area contributed by atoms with Gasteiger partial charge in [0.2, 0.25) is 34.8 Å². The van der Waals surface area contributed by atoms with Crippen molar-refractivity contribution in [2.75, 3.05) is 84.4 Å². The van der Waals surface area contributed by atoms with Crippen LogP contribution in [0.2, 0.25) is 0 Å². The summed E-state index contributed by atoms with van der Waals surface area (Å²) in [5.41, 5.74) is 1.07. The highest BCUT2D eigenvalue weighted by Gasteiger charge is 2.29. The largest absolute Gasteiger partial charge is 0.508 e. The zero-order chi connectivity index (χ0) is 42.9. The number of nitrogens with zero attached hydrogens (tertiary/aromatic N) is 3. The smallest absolute Gasteiger partial charge is 0.313 e. The van der Waals surface area contributed by atoms with E-state index in [1.807, 2.05) is 0 Å². The Morgan fingerprint density at radius 3 is 2.12 bits per heavy atom. The molecule has 1 heterocycles. The zero-order valence-corrected chi connectivity index (χ0v) is 31.9. The number of aliphatic imine (C=N–C) groups is 1. The minimum absolute atomic E-state index is 0.0281. The van der Waals surface area contributed by atoms with Gasteiger partial charge in [-0.15, -0.1) is 0 Å². The number of rotatable bonds is 23. The molecule has 0 bridgehead atoms. The van der Waals surface area contributed by atoms with E-state index < -0.39 is 59.4 Å². The van der Waals surface area contributed by atoms with E-state index in [1.165, 1.54) is 6.21 Å². The molecule has 1 saturated heterocycles. The molecule has 58 heavy (non-hydrogen) atoms. The lowest BCUT2D eigenvalue weighted by Gasteiger charge is -2.30. The van der Waals surface area contributed by atoms with Gasteiger partial charge in [-0.1, -0.05) is 5.23 Å². The van der Waals surface area contributed by atoms with Crippen molar-refractivity contribution in [1.82, 2.24) is 10.5 Å². The number of carbonyl (C=O) groups is 1. The number of benzene rings is 2. The van der Waals surface area contributed by atoms with Crippen LogP contribution in [-0.4, -0.2) is 151 Å². The minimum atomic E-state index is -2.36. The third-order valence-electron chi connectivity index (χ3n) is 7.36. The number of halogens is 5. The first-order valence-corrected chi connectivity index (χ1v) is 17.9. The predicted molar refractivity (Wildman–Crippen MR) is 198 cm³/mol. The van der Waals surface area contributed by atoms with Crippen molar-refractivity contribution >= 4 is 40.9 Å². The number of anilines is 1. The van der Waals surface area contributed by atoms with Crippen molar-refractivity contribution in [2.45, 2.75) is 37.6 Å². The monoisotopic (exact) mass is 858 g/mol. The first-order valence-electron chi connectivity index (χ1n) is 17.5. The van der Waals surface area contributed by atoms with Gasteiger partial charge < -0.3 is 60.2 Å². The SMILES string of the molecule is N/N=C(\C=NCCOCCC(=O)Oc1c(F)c(F)c(F)c(F)c1F)COCCOCCOCCNC(=S)Nc1ccc(O)cc1.OC1COC(CCN(O)O)CC1O. The molecule has 24 heteroatoms. The van der Waals surface area contributed by atoms with Crippen LogP contribution in [0.15, 0.2) is 34.4 Å². The van der Waals surface area contributed by atoms with Gasteiger partial charge in [-0.3, -0.25) is 20.2 Å². The van der Waals surface area contributed by atoms with E-state index in [-0.39, 0.29) is 63.2 Å². The lowest BCUT2D eigenvalue weighted by Crippen LogP contribution is -2.42. The van der Waals surface area contributed by atoms with E-state index in [0.29, 0.717) is 56.6 Å². The Hall–Kier alpha value is -4.21. The molecule has 2 aromatic rings. The Morgan fingerprint density at radius 2 is 1.50 bits per heavy atom. The van der Waals surface area contributed by atoms with Crippen LogP contribution in [0.5, 0.6) is 11.5 Å². The zero-order valence-electron chi connectivity index (χ0n) is 31.0. The van der Waals surface area contributed by atoms with Gasteiger partial charge in [0.15, 0.2) is 5.11 Å². The van der Waals surface area contributed by atoms with Crippen LogP contribution in [0.4, 0.5) is 27.6 Å². The maximum atomic E-state index is 13.6. The molecule has 3 unspecified atom stereocenters. The molecule has 18 nitrogen and oxygen atoms in total. The number of ether oxygens (including phenoxy) is 6. The summed E-state index contributed by atoms with van der Waals surface area (Å²) in [6.45, 7) is 2.31. The molecular weight excluding hydrogens is 811 g/mol. The van der Waals surface area contributed by atoms with Gasteiger partial charge in [-0.05, 0) is 42.9 Å². The molecule has 0 spiro atoms. The van der Waals surface area contributed by atoms with Crippen molar-refractivity contribution in [3.05, 3.63) is 53.4 Å². The number of hydrogen-bond donors (Lipinski definition) is 8. The Morgan fingerprint density at radius 1 is 0.897 bits per heavy atom. The summed E-state index contributed by atoms with van der Waals surface area (Å²) in [6, 6.07) is 6.49. The second-order valence-electron chi connectivity index (χ2n) is 11.8. The van der Waals surface area contributed by atoms with Crippen LogP contribution in [0.25, 0.3) is 0 Å². The standard InChI is InChI=1S/C27H32F5N5O7S.C7H15NO5/c28-21-22(29)24(31)26(25(32)23(21)30)44-20(39)5-8-40-9-6-34-15-18(37-33)16-43-14-13-42-12-11-41-10-7-35-27(45)36-17-1-3-19(38)4-2-17;9-6-3-5(1-2-8(11)12)13-4-7(6)10/h1-4,15,38H,5-14,16,33H2,(H2,35,36,45);5-7,9-12H,1-4H2/b34-15?,37-18+;. The first-order chi connectivity index (χ1) is 27.7. The summed E-state index contributed by atoms with van der Waals surface area (Å²) >= 11 is 5.17. The van der Waals surface area contributed by atoms with E-state index in [0.717, 1.165) is 5.69 Å². The molecule has 9 N–H and O–H groups in total. The Kier molecular flexibility index (Phi) is 24.3. The third-order valence-corrected chi connectivity index (χ3v) is 7.61. The average molecular weight is 859 g/mol. The molecule has 0 radical (unpaired) electrons. The molecule has 1 aliphatic rings. The molecule has 2 aromatic carbocycles. The number of nitrogens with one attached hydrogen (secondary N) is 2. The van der Waals surface area contributed by atoms with E-state index in [4.69, 9.17) is 57.3 Å². The molecule has 326 valence electrons. The summed E-state index contributed by atoms with van der Waals surface area (Å²) in [5, 5.41) is 54.5. The quantitative estimate of drug-likeness (QED) is 0.00678. The van der Waals surface area contributed by atoms with Crippen LogP contribution in [0.1, 0.15) is 19.3 Å². The van der Waals surface area contributed by atoms with Crippen molar-refractivity contribution in [2.24, 2.45) is 15.9 Å². The molecule has 0 aromatic heterocycles. The molecular formula is C34H47F5N6O12S. The third kappa shape index (κ3) is 20.0. The van der Waals surface area contributed by atoms with Crippen LogP contribution in [0.3, 0.4) is 0 Å². The summed E-state index contributed by atoms with van der Waals surface area (Å²) in [5.74, 6) is -8.79. The highest BCUT2D eigenvalue weighted by atomic mass is 32.1. The van der Waals surface area contributed by atoms with E-state index in [1.54, 1.807) is 24.3 Å². The maximum Gasteiger partial charge on any atom is 0.313 e. The summed E-state index contributed by atoms with van der Waals surface area (Å²) in [7, 11) is 0. The highest BCUT2D eigenvalue weighted by Crippen LogP contribution is 2.29. The van der Waals surface area contributed by atoms with Crippen molar-refractivity contribution < 1.29 is 80.9 Å². The minimum Gasteiger partial charge on any atom is -0.508 e. The lowest BCUT2D eigenvalue weighted by molar-refractivity contribution is -0.309. The fraction of sp³-hybridized carbons (Fsp3) is 0.529. The number of esters is 1. The average Bonchev–Trinajstić information content (AvgIpc) is 3.20. The number of nitrogens with two attached hydrogens (primary N) is 1.